The minimum absolute atomic E-state index is 0.208. The number of rotatable bonds is 3. The predicted octanol–water partition coefficient (Wildman–Crippen LogP) is 4.90. The number of carbonyl (C=O) groups is 1. The number of benzene rings is 2. The number of halogens is 2. The normalized spacial score (nSPS) is 18.2. The molecule has 2 nitrogen and oxygen atoms in total. The standard InChI is InChI=1S/C21H21F2NO/c1-13-14(2)24(21(3,4)15-8-7-9-16(22)12-15)20(25)19(13)17-10-5-6-11-18(17)23/h5-12,14H,1-4H3. The molecular weight excluding hydrogens is 320 g/mol. The summed E-state index contributed by atoms with van der Waals surface area (Å²) in [5.41, 5.74) is 1.51. The smallest absolute Gasteiger partial charge is 0.255 e. The Kier molecular flexibility index (Phi) is 4.23. The van der Waals surface area contributed by atoms with E-state index in [0.717, 1.165) is 5.57 Å². The van der Waals surface area contributed by atoms with Gasteiger partial charge in [0.15, 0.2) is 0 Å². The summed E-state index contributed by atoms with van der Waals surface area (Å²) in [7, 11) is 0. The maximum Gasteiger partial charge on any atom is 0.255 e. The van der Waals surface area contributed by atoms with Gasteiger partial charge in [-0.25, -0.2) is 8.78 Å². The third-order valence-electron chi connectivity index (χ3n) is 5.12. The van der Waals surface area contributed by atoms with Crippen molar-refractivity contribution in [2.45, 2.75) is 39.3 Å². The van der Waals surface area contributed by atoms with Crippen LogP contribution in [0.3, 0.4) is 0 Å². The van der Waals surface area contributed by atoms with Crippen LogP contribution in [0.5, 0.6) is 0 Å². The molecule has 0 fully saturated rings. The zero-order valence-corrected chi connectivity index (χ0v) is 14.8. The molecule has 0 radical (unpaired) electrons. The van der Waals surface area contributed by atoms with E-state index in [1.807, 2.05) is 27.7 Å². The van der Waals surface area contributed by atoms with Crippen molar-refractivity contribution in [1.82, 2.24) is 4.90 Å². The summed E-state index contributed by atoms with van der Waals surface area (Å²) in [4.78, 5) is 14.9. The first-order valence-electron chi connectivity index (χ1n) is 8.30. The van der Waals surface area contributed by atoms with Gasteiger partial charge in [0, 0.05) is 5.56 Å². The molecule has 4 heteroatoms. The zero-order chi connectivity index (χ0) is 18.4. The molecule has 0 saturated heterocycles. The summed E-state index contributed by atoms with van der Waals surface area (Å²) < 4.78 is 27.9. The lowest BCUT2D eigenvalue weighted by molar-refractivity contribution is -0.130. The number of amides is 1. The number of nitrogens with zero attached hydrogens (tertiary/aromatic N) is 1. The molecule has 0 aliphatic carbocycles. The first-order chi connectivity index (χ1) is 11.7. The first-order valence-corrected chi connectivity index (χ1v) is 8.30. The molecule has 0 spiro atoms. The molecule has 25 heavy (non-hydrogen) atoms. The van der Waals surface area contributed by atoms with E-state index < -0.39 is 11.4 Å². The molecule has 1 heterocycles. The Labute approximate surface area is 146 Å². The Hall–Kier alpha value is -2.49. The highest BCUT2D eigenvalue weighted by Crippen LogP contribution is 2.41. The van der Waals surface area contributed by atoms with Gasteiger partial charge >= 0.3 is 0 Å². The fourth-order valence-electron chi connectivity index (χ4n) is 3.61. The first kappa shape index (κ1) is 17.3. The van der Waals surface area contributed by atoms with Crippen LogP contribution in [-0.2, 0) is 10.3 Å². The summed E-state index contributed by atoms with van der Waals surface area (Å²) >= 11 is 0. The van der Waals surface area contributed by atoms with Crippen LogP contribution < -0.4 is 0 Å². The van der Waals surface area contributed by atoms with Gasteiger partial charge in [0.2, 0.25) is 0 Å². The highest BCUT2D eigenvalue weighted by molar-refractivity contribution is 6.23. The van der Waals surface area contributed by atoms with Crippen molar-refractivity contribution in [2.24, 2.45) is 0 Å². The molecule has 0 N–H and O–H groups in total. The number of hydrogen-bond acceptors (Lipinski definition) is 1. The van der Waals surface area contributed by atoms with Crippen LogP contribution in [-0.4, -0.2) is 16.8 Å². The van der Waals surface area contributed by atoms with E-state index in [1.165, 1.54) is 18.2 Å². The van der Waals surface area contributed by atoms with Gasteiger partial charge in [-0.1, -0.05) is 30.3 Å². The molecule has 0 saturated carbocycles. The molecule has 1 unspecified atom stereocenters. The van der Waals surface area contributed by atoms with E-state index in [2.05, 4.69) is 0 Å². The molecule has 1 aliphatic heterocycles. The van der Waals surface area contributed by atoms with Crippen LogP contribution >= 0.6 is 0 Å². The highest BCUT2D eigenvalue weighted by Gasteiger charge is 2.44. The van der Waals surface area contributed by atoms with Gasteiger partial charge in [0.05, 0.1) is 17.2 Å². The lowest BCUT2D eigenvalue weighted by atomic mass is 9.91. The highest BCUT2D eigenvalue weighted by atomic mass is 19.1. The van der Waals surface area contributed by atoms with Crippen LogP contribution in [0.2, 0.25) is 0 Å². The van der Waals surface area contributed by atoms with Gasteiger partial charge in [0.1, 0.15) is 11.6 Å². The fraction of sp³-hybridized carbons (Fsp3) is 0.286. The molecule has 0 bridgehead atoms. The number of hydrogen-bond donors (Lipinski definition) is 0. The SMILES string of the molecule is CC1=C(c2ccccc2F)C(=O)N(C(C)(C)c2cccc(F)c2)C1C. The van der Waals surface area contributed by atoms with Crippen molar-refractivity contribution in [3.8, 4) is 0 Å². The second-order valence-corrected chi connectivity index (χ2v) is 6.96. The van der Waals surface area contributed by atoms with E-state index in [0.29, 0.717) is 16.7 Å². The molecule has 130 valence electrons. The summed E-state index contributed by atoms with van der Waals surface area (Å²) in [5, 5.41) is 0. The molecule has 2 aromatic carbocycles. The molecule has 3 rings (SSSR count). The molecule has 1 amide bonds. The third kappa shape index (κ3) is 2.76. The van der Waals surface area contributed by atoms with E-state index in [9.17, 15) is 13.6 Å². The van der Waals surface area contributed by atoms with E-state index in [1.54, 1.807) is 35.2 Å². The Balaban J connectivity index is 2.07. The van der Waals surface area contributed by atoms with Crippen molar-refractivity contribution in [3.63, 3.8) is 0 Å². The van der Waals surface area contributed by atoms with Crippen LogP contribution in [0.4, 0.5) is 8.78 Å². The van der Waals surface area contributed by atoms with E-state index in [-0.39, 0.29) is 17.8 Å². The molecule has 2 aromatic rings. The fourth-order valence-corrected chi connectivity index (χ4v) is 3.61. The van der Waals surface area contributed by atoms with Gasteiger partial charge in [-0.3, -0.25) is 4.79 Å². The van der Waals surface area contributed by atoms with Gasteiger partial charge in [-0.05, 0) is 57.0 Å². The van der Waals surface area contributed by atoms with Gasteiger partial charge in [0.25, 0.3) is 5.91 Å². The van der Waals surface area contributed by atoms with Crippen molar-refractivity contribution in [3.05, 3.63) is 76.9 Å². The minimum atomic E-state index is -0.729. The average molecular weight is 341 g/mol. The maximum atomic E-state index is 14.3. The second kappa shape index (κ2) is 6.10. The van der Waals surface area contributed by atoms with Crippen LogP contribution in [0.1, 0.15) is 38.8 Å². The monoisotopic (exact) mass is 341 g/mol. The number of carbonyl (C=O) groups excluding carboxylic acids is 1. The van der Waals surface area contributed by atoms with Gasteiger partial charge < -0.3 is 4.90 Å². The molecule has 0 aromatic heterocycles. The van der Waals surface area contributed by atoms with E-state index >= 15 is 0 Å². The van der Waals surface area contributed by atoms with Crippen molar-refractivity contribution >= 4 is 11.5 Å². The third-order valence-corrected chi connectivity index (χ3v) is 5.12. The molecular formula is C21H21F2NO. The van der Waals surface area contributed by atoms with Crippen LogP contribution in [0.15, 0.2) is 54.1 Å². The van der Waals surface area contributed by atoms with E-state index in [4.69, 9.17) is 0 Å². The summed E-state index contributed by atoms with van der Waals surface area (Å²) in [5.74, 6) is -0.990. The lowest BCUT2D eigenvalue weighted by Gasteiger charge is -2.40. The minimum Gasteiger partial charge on any atom is -0.323 e. The zero-order valence-electron chi connectivity index (χ0n) is 14.8. The molecule has 1 aliphatic rings. The van der Waals surface area contributed by atoms with Gasteiger partial charge in [-0.2, -0.15) is 0 Å². The van der Waals surface area contributed by atoms with Gasteiger partial charge in [-0.15, -0.1) is 0 Å². The summed E-state index contributed by atoms with van der Waals surface area (Å²) in [6.07, 6.45) is 0. The predicted molar refractivity (Wildman–Crippen MR) is 94.7 cm³/mol. The summed E-state index contributed by atoms with van der Waals surface area (Å²) in [6.45, 7) is 7.54. The van der Waals surface area contributed by atoms with Crippen molar-refractivity contribution < 1.29 is 13.6 Å². The Morgan fingerprint density at radius 2 is 1.72 bits per heavy atom. The Bertz CT molecular complexity index is 870. The van der Waals surface area contributed by atoms with Crippen molar-refractivity contribution in [1.29, 1.82) is 0 Å². The largest absolute Gasteiger partial charge is 0.323 e. The van der Waals surface area contributed by atoms with Crippen molar-refractivity contribution in [2.75, 3.05) is 0 Å². The van der Waals surface area contributed by atoms with Crippen LogP contribution in [0.25, 0.3) is 5.57 Å². The Morgan fingerprint density at radius 3 is 2.36 bits per heavy atom. The quantitative estimate of drug-likeness (QED) is 0.777. The maximum absolute atomic E-state index is 14.3. The summed E-state index contributed by atoms with van der Waals surface area (Å²) in [6, 6.07) is 12.4. The topological polar surface area (TPSA) is 20.3 Å². The Morgan fingerprint density at radius 1 is 1.04 bits per heavy atom. The molecule has 1 atom stereocenters. The second-order valence-electron chi connectivity index (χ2n) is 6.96. The average Bonchev–Trinajstić information content (AvgIpc) is 2.78. The lowest BCUT2D eigenvalue weighted by Crippen LogP contribution is -2.47. The van der Waals surface area contributed by atoms with Crippen LogP contribution in [0, 0.1) is 11.6 Å².